The van der Waals surface area contributed by atoms with E-state index in [-0.39, 0.29) is 24.4 Å². The zero-order valence-corrected chi connectivity index (χ0v) is 13.2. The molecule has 7 heteroatoms. The van der Waals surface area contributed by atoms with E-state index in [9.17, 15) is 18.3 Å². The molecule has 3 atom stereocenters. The molecular formula is C16H22F3NO3. The molecule has 1 aromatic rings. The molecule has 1 N–H and O–H groups in total. The zero-order chi connectivity index (χ0) is 17.0. The van der Waals surface area contributed by atoms with E-state index in [1.807, 2.05) is 13.8 Å². The summed E-state index contributed by atoms with van der Waals surface area (Å²) in [4.78, 5) is 2.11. The summed E-state index contributed by atoms with van der Waals surface area (Å²) in [6, 6.07) is 5.02. The summed E-state index contributed by atoms with van der Waals surface area (Å²) in [5, 5.41) is 10.1. The van der Waals surface area contributed by atoms with Gasteiger partial charge < -0.3 is 14.6 Å². The second-order valence-corrected chi connectivity index (χ2v) is 5.92. The van der Waals surface area contributed by atoms with Crippen molar-refractivity contribution in [2.45, 2.75) is 38.2 Å². The quantitative estimate of drug-likeness (QED) is 0.899. The molecule has 1 aliphatic rings. The molecule has 0 amide bonds. The third kappa shape index (κ3) is 5.09. The third-order valence-corrected chi connectivity index (χ3v) is 3.88. The Morgan fingerprint density at radius 3 is 2.57 bits per heavy atom. The topological polar surface area (TPSA) is 41.9 Å². The van der Waals surface area contributed by atoms with E-state index in [1.165, 1.54) is 12.1 Å². The monoisotopic (exact) mass is 333 g/mol. The molecule has 3 unspecified atom stereocenters. The summed E-state index contributed by atoms with van der Waals surface area (Å²) in [7, 11) is 0. The number of nitrogens with zero attached hydrogens (tertiary/aromatic N) is 1. The van der Waals surface area contributed by atoms with Crippen molar-refractivity contribution in [1.29, 1.82) is 0 Å². The van der Waals surface area contributed by atoms with Gasteiger partial charge >= 0.3 is 6.18 Å². The highest BCUT2D eigenvalue weighted by molar-refractivity contribution is 5.30. The molecule has 1 saturated heterocycles. The fourth-order valence-electron chi connectivity index (χ4n) is 2.65. The first kappa shape index (κ1) is 18.0. The molecule has 23 heavy (non-hydrogen) atoms. The van der Waals surface area contributed by atoms with Gasteiger partial charge in [0.15, 0.2) is 0 Å². The Bertz CT molecular complexity index is 500. The number of benzene rings is 1. The van der Waals surface area contributed by atoms with Gasteiger partial charge in [-0.2, -0.15) is 13.2 Å². The molecule has 0 radical (unpaired) electrons. The van der Waals surface area contributed by atoms with Gasteiger partial charge in [0, 0.05) is 18.6 Å². The lowest BCUT2D eigenvalue weighted by Gasteiger charge is -2.39. The van der Waals surface area contributed by atoms with Crippen molar-refractivity contribution < 1.29 is 27.8 Å². The van der Waals surface area contributed by atoms with Crippen LogP contribution < -0.4 is 4.74 Å². The van der Waals surface area contributed by atoms with E-state index < -0.39 is 17.8 Å². The largest absolute Gasteiger partial charge is 0.491 e. The van der Waals surface area contributed by atoms with Crippen LogP contribution in [0.4, 0.5) is 13.2 Å². The van der Waals surface area contributed by atoms with Gasteiger partial charge in [0.25, 0.3) is 0 Å². The molecule has 2 rings (SSSR count). The van der Waals surface area contributed by atoms with E-state index in [0.29, 0.717) is 19.8 Å². The van der Waals surface area contributed by atoms with Crippen LogP contribution in [-0.2, 0) is 10.9 Å². The van der Waals surface area contributed by atoms with Crippen LogP contribution in [0.3, 0.4) is 0 Å². The molecule has 130 valence electrons. The second-order valence-electron chi connectivity index (χ2n) is 5.92. The number of ether oxygens (including phenoxy) is 2. The number of aliphatic hydroxyl groups excluding tert-OH is 1. The second kappa shape index (κ2) is 7.51. The zero-order valence-electron chi connectivity index (χ0n) is 13.2. The van der Waals surface area contributed by atoms with Crippen molar-refractivity contribution in [3.8, 4) is 5.75 Å². The molecule has 1 heterocycles. The Hall–Kier alpha value is -1.31. The van der Waals surface area contributed by atoms with Crippen molar-refractivity contribution in [3.63, 3.8) is 0 Å². The van der Waals surface area contributed by atoms with E-state index >= 15 is 0 Å². The summed E-state index contributed by atoms with van der Waals surface area (Å²) in [5.41, 5.74) is -0.764. The lowest BCUT2D eigenvalue weighted by Crippen LogP contribution is -2.52. The number of hydrogen-bond acceptors (Lipinski definition) is 4. The molecule has 4 nitrogen and oxygen atoms in total. The molecule has 0 saturated carbocycles. The van der Waals surface area contributed by atoms with Gasteiger partial charge in [-0.3, -0.25) is 4.90 Å². The fourth-order valence-corrected chi connectivity index (χ4v) is 2.65. The fraction of sp³-hybridized carbons (Fsp3) is 0.625. The van der Waals surface area contributed by atoms with E-state index in [0.717, 1.165) is 12.1 Å². The van der Waals surface area contributed by atoms with Gasteiger partial charge in [-0.05, 0) is 32.0 Å². The first-order valence-corrected chi connectivity index (χ1v) is 7.59. The smallest absolute Gasteiger partial charge is 0.416 e. The average Bonchev–Trinajstić information content (AvgIpc) is 2.48. The molecule has 0 spiro atoms. The number of β-amino-alcohol motifs (C(OH)–C–C–N with tert-alkyl or cyclic N) is 1. The number of halogens is 3. The van der Waals surface area contributed by atoms with Crippen LogP contribution in [0.1, 0.15) is 19.4 Å². The Kier molecular flexibility index (Phi) is 5.89. The summed E-state index contributed by atoms with van der Waals surface area (Å²) in [6.07, 6.45) is -5.19. The standard InChI is InChI=1S/C16H22F3NO3/c1-11-8-22-9-12(2)20(11)7-14(21)10-23-15-5-3-4-13(6-15)16(17,18)19/h3-6,11-12,14,21H,7-10H2,1-2H3. The Labute approximate surface area is 133 Å². The van der Waals surface area contributed by atoms with Gasteiger partial charge in [-0.15, -0.1) is 0 Å². The van der Waals surface area contributed by atoms with Gasteiger partial charge in [0.2, 0.25) is 0 Å². The summed E-state index contributed by atoms with van der Waals surface area (Å²) in [6.45, 7) is 5.56. The van der Waals surface area contributed by atoms with Crippen molar-refractivity contribution in [3.05, 3.63) is 29.8 Å². The van der Waals surface area contributed by atoms with Gasteiger partial charge in [0.05, 0.1) is 18.8 Å². The van der Waals surface area contributed by atoms with E-state index in [4.69, 9.17) is 9.47 Å². The number of rotatable bonds is 5. The molecule has 0 aromatic heterocycles. The van der Waals surface area contributed by atoms with Crippen LogP contribution in [0.25, 0.3) is 0 Å². The normalized spacial score (nSPS) is 24.4. The molecule has 1 aliphatic heterocycles. The molecule has 0 aliphatic carbocycles. The van der Waals surface area contributed by atoms with Crippen LogP contribution in [0.15, 0.2) is 24.3 Å². The van der Waals surface area contributed by atoms with Crippen LogP contribution in [0.5, 0.6) is 5.75 Å². The summed E-state index contributed by atoms with van der Waals surface area (Å²) < 4.78 is 48.6. The highest BCUT2D eigenvalue weighted by atomic mass is 19.4. The van der Waals surface area contributed by atoms with E-state index in [1.54, 1.807) is 0 Å². The Morgan fingerprint density at radius 1 is 1.30 bits per heavy atom. The number of hydrogen-bond donors (Lipinski definition) is 1. The minimum atomic E-state index is -4.41. The van der Waals surface area contributed by atoms with Gasteiger partial charge in [0.1, 0.15) is 18.5 Å². The van der Waals surface area contributed by atoms with Crippen molar-refractivity contribution in [2.75, 3.05) is 26.4 Å². The molecule has 1 aromatic carbocycles. The lowest BCUT2D eigenvalue weighted by molar-refractivity contribution is -0.137. The minimum Gasteiger partial charge on any atom is -0.491 e. The van der Waals surface area contributed by atoms with Crippen molar-refractivity contribution >= 4 is 0 Å². The first-order chi connectivity index (χ1) is 10.8. The van der Waals surface area contributed by atoms with Crippen LogP contribution in [0, 0.1) is 0 Å². The van der Waals surface area contributed by atoms with Crippen LogP contribution in [-0.4, -0.2) is 54.6 Å². The van der Waals surface area contributed by atoms with Gasteiger partial charge in [-0.25, -0.2) is 0 Å². The third-order valence-electron chi connectivity index (χ3n) is 3.88. The lowest BCUT2D eigenvalue weighted by atomic mass is 10.1. The average molecular weight is 333 g/mol. The van der Waals surface area contributed by atoms with E-state index in [2.05, 4.69) is 4.90 Å². The maximum Gasteiger partial charge on any atom is 0.416 e. The van der Waals surface area contributed by atoms with Gasteiger partial charge in [-0.1, -0.05) is 6.07 Å². The van der Waals surface area contributed by atoms with Crippen LogP contribution >= 0.6 is 0 Å². The maximum absolute atomic E-state index is 12.6. The highest BCUT2D eigenvalue weighted by Crippen LogP contribution is 2.31. The first-order valence-electron chi connectivity index (χ1n) is 7.59. The SMILES string of the molecule is CC1COCC(C)N1CC(O)COc1cccc(C(F)(F)F)c1. The maximum atomic E-state index is 12.6. The number of aliphatic hydroxyl groups is 1. The number of alkyl halides is 3. The number of morpholine rings is 1. The predicted octanol–water partition coefficient (Wildman–Crippen LogP) is 2.55. The Morgan fingerprint density at radius 2 is 1.96 bits per heavy atom. The minimum absolute atomic E-state index is 0.0574. The Balaban J connectivity index is 1.88. The highest BCUT2D eigenvalue weighted by Gasteiger charge is 2.31. The predicted molar refractivity (Wildman–Crippen MR) is 79.4 cm³/mol. The van der Waals surface area contributed by atoms with Crippen molar-refractivity contribution in [1.82, 2.24) is 4.90 Å². The summed E-state index contributed by atoms with van der Waals surface area (Å²) in [5.74, 6) is 0.0990. The molecule has 1 fully saturated rings. The van der Waals surface area contributed by atoms with Crippen molar-refractivity contribution in [2.24, 2.45) is 0 Å². The molecule has 0 bridgehead atoms. The summed E-state index contributed by atoms with van der Waals surface area (Å²) >= 11 is 0. The van der Waals surface area contributed by atoms with Crippen LogP contribution in [0.2, 0.25) is 0 Å². The molecular weight excluding hydrogens is 311 g/mol.